The third kappa shape index (κ3) is 11.7. The molecule has 232 valence electrons. The fraction of sp³-hybridized carbons (Fsp3) is 0.559. The van der Waals surface area contributed by atoms with Gasteiger partial charge in [-0.1, -0.05) is 69.5 Å². The number of carbonyl (C=O) groups excluding carboxylic acids is 3. The van der Waals surface area contributed by atoms with E-state index in [-0.39, 0.29) is 24.0 Å². The summed E-state index contributed by atoms with van der Waals surface area (Å²) in [5.74, 6) is -0.552. The van der Waals surface area contributed by atoms with Gasteiger partial charge in [0.1, 0.15) is 23.4 Å². The molecule has 0 bridgehead atoms. The number of aryl methyl sites for hydroxylation is 1. The van der Waals surface area contributed by atoms with E-state index in [1.165, 1.54) is 0 Å². The lowest BCUT2D eigenvalue weighted by Crippen LogP contribution is -2.55. The minimum absolute atomic E-state index is 0.105. The van der Waals surface area contributed by atoms with E-state index >= 15 is 0 Å². The first-order valence-corrected chi connectivity index (χ1v) is 15.1. The SMILES string of the molecule is CCCCCCN(C(=O)C(Cc1ccc(O)cc1)NC(=O)OC(C)(C)C)C(C(=O)NC(C)(C)C)c1ccc(CC)cc1. The molecule has 0 spiro atoms. The van der Waals surface area contributed by atoms with E-state index in [0.29, 0.717) is 18.5 Å². The summed E-state index contributed by atoms with van der Waals surface area (Å²) in [6.45, 7) is 15.5. The summed E-state index contributed by atoms with van der Waals surface area (Å²) in [5, 5.41) is 15.6. The Kier molecular flexibility index (Phi) is 12.9. The molecular weight excluding hydrogens is 530 g/mol. The van der Waals surface area contributed by atoms with Gasteiger partial charge < -0.3 is 25.4 Å². The number of rotatable bonds is 13. The lowest BCUT2D eigenvalue weighted by molar-refractivity contribution is -0.143. The van der Waals surface area contributed by atoms with Gasteiger partial charge in [0.15, 0.2) is 0 Å². The van der Waals surface area contributed by atoms with Gasteiger partial charge in [-0.25, -0.2) is 4.79 Å². The zero-order valence-corrected chi connectivity index (χ0v) is 26.8. The number of aromatic hydroxyl groups is 1. The Labute approximate surface area is 252 Å². The molecule has 2 rings (SSSR count). The molecule has 0 aromatic heterocycles. The van der Waals surface area contributed by atoms with Gasteiger partial charge in [0.05, 0.1) is 0 Å². The van der Waals surface area contributed by atoms with Crippen LogP contribution in [0.4, 0.5) is 4.79 Å². The highest BCUT2D eigenvalue weighted by Crippen LogP contribution is 2.26. The van der Waals surface area contributed by atoms with E-state index in [0.717, 1.165) is 36.8 Å². The fourth-order valence-electron chi connectivity index (χ4n) is 4.64. The van der Waals surface area contributed by atoms with Gasteiger partial charge in [0.25, 0.3) is 0 Å². The summed E-state index contributed by atoms with van der Waals surface area (Å²) >= 11 is 0. The molecule has 0 heterocycles. The number of benzene rings is 2. The molecule has 8 nitrogen and oxygen atoms in total. The minimum atomic E-state index is -1.00. The second-order valence-electron chi connectivity index (χ2n) is 12.9. The Morgan fingerprint density at radius 2 is 1.45 bits per heavy atom. The first-order chi connectivity index (χ1) is 19.6. The largest absolute Gasteiger partial charge is 0.508 e. The number of alkyl carbamates (subject to hydrolysis) is 1. The van der Waals surface area contributed by atoms with Crippen molar-refractivity contribution in [3.63, 3.8) is 0 Å². The number of amides is 3. The van der Waals surface area contributed by atoms with Gasteiger partial charge in [-0.3, -0.25) is 9.59 Å². The van der Waals surface area contributed by atoms with Crippen LogP contribution >= 0.6 is 0 Å². The number of carbonyl (C=O) groups is 3. The number of phenolic OH excluding ortho intramolecular Hbond substituents is 1. The maximum Gasteiger partial charge on any atom is 0.408 e. The van der Waals surface area contributed by atoms with Gasteiger partial charge in [0.2, 0.25) is 11.8 Å². The summed E-state index contributed by atoms with van der Waals surface area (Å²) < 4.78 is 5.51. The average Bonchev–Trinajstić information content (AvgIpc) is 2.89. The van der Waals surface area contributed by atoms with Crippen LogP contribution in [0.2, 0.25) is 0 Å². The number of unbranched alkanes of at least 4 members (excludes halogenated alkanes) is 3. The number of hydrogen-bond donors (Lipinski definition) is 3. The van der Waals surface area contributed by atoms with Crippen molar-refractivity contribution >= 4 is 17.9 Å². The van der Waals surface area contributed by atoms with Crippen molar-refractivity contribution in [2.75, 3.05) is 6.54 Å². The van der Waals surface area contributed by atoms with Gasteiger partial charge >= 0.3 is 6.09 Å². The molecule has 2 atom stereocenters. The smallest absolute Gasteiger partial charge is 0.408 e. The lowest BCUT2D eigenvalue weighted by atomic mass is 9.97. The number of nitrogens with zero attached hydrogens (tertiary/aromatic N) is 1. The first-order valence-electron chi connectivity index (χ1n) is 15.1. The monoisotopic (exact) mass is 581 g/mol. The van der Waals surface area contributed by atoms with E-state index in [9.17, 15) is 19.5 Å². The predicted octanol–water partition coefficient (Wildman–Crippen LogP) is 6.46. The molecule has 2 aromatic rings. The number of hydrogen-bond acceptors (Lipinski definition) is 5. The summed E-state index contributed by atoms with van der Waals surface area (Å²) in [6, 6.07) is 12.4. The maximum absolute atomic E-state index is 14.5. The van der Waals surface area contributed by atoms with Crippen LogP contribution < -0.4 is 10.6 Å². The Morgan fingerprint density at radius 1 is 0.857 bits per heavy atom. The van der Waals surface area contributed by atoms with E-state index < -0.39 is 29.3 Å². The van der Waals surface area contributed by atoms with Gasteiger partial charge in [0, 0.05) is 18.5 Å². The molecule has 0 aliphatic rings. The molecule has 0 saturated heterocycles. The van der Waals surface area contributed by atoms with Crippen LogP contribution in [0.3, 0.4) is 0 Å². The Bertz CT molecular complexity index is 1150. The minimum Gasteiger partial charge on any atom is -0.508 e. The van der Waals surface area contributed by atoms with Crippen LogP contribution in [0.25, 0.3) is 0 Å². The quantitative estimate of drug-likeness (QED) is 0.236. The maximum atomic E-state index is 14.5. The third-order valence-corrected chi connectivity index (χ3v) is 6.66. The molecule has 42 heavy (non-hydrogen) atoms. The zero-order chi connectivity index (χ0) is 31.5. The molecule has 0 aliphatic heterocycles. The standard InChI is InChI=1S/C34H51N3O5/c1-9-11-12-13-22-37(29(30(39)36-33(3,4)5)26-18-14-24(10-2)15-19-26)31(40)28(35-32(41)42-34(6,7)8)23-25-16-20-27(38)21-17-25/h14-21,28-29,38H,9-13,22-23H2,1-8H3,(H,35,41)(H,36,39). The van der Waals surface area contributed by atoms with E-state index in [1.807, 2.05) is 45.0 Å². The van der Waals surface area contributed by atoms with Crippen molar-refractivity contribution in [1.82, 2.24) is 15.5 Å². The Balaban J connectivity index is 2.59. The molecule has 3 N–H and O–H groups in total. The Morgan fingerprint density at radius 3 is 1.98 bits per heavy atom. The van der Waals surface area contributed by atoms with E-state index in [4.69, 9.17) is 4.74 Å². The summed E-state index contributed by atoms with van der Waals surface area (Å²) in [6.07, 6.45) is 3.96. The number of ether oxygens (including phenoxy) is 1. The van der Waals surface area contributed by atoms with Gasteiger partial charge in [-0.2, -0.15) is 0 Å². The molecule has 0 fully saturated rings. The number of phenols is 1. The van der Waals surface area contributed by atoms with Crippen LogP contribution in [0.15, 0.2) is 48.5 Å². The first kappa shape index (κ1) is 34.7. The topological polar surface area (TPSA) is 108 Å². The predicted molar refractivity (Wildman–Crippen MR) is 167 cm³/mol. The van der Waals surface area contributed by atoms with Crippen molar-refractivity contribution in [3.05, 3.63) is 65.2 Å². The summed E-state index contributed by atoms with van der Waals surface area (Å²) in [4.78, 5) is 43.0. The summed E-state index contributed by atoms with van der Waals surface area (Å²) in [5.41, 5.74) is 1.31. The van der Waals surface area contributed by atoms with Crippen molar-refractivity contribution in [3.8, 4) is 5.75 Å². The van der Waals surface area contributed by atoms with Crippen LogP contribution in [0.5, 0.6) is 5.75 Å². The van der Waals surface area contributed by atoms with Gasteiger partial charge in [-0.15, -0.1) is 0 Å². The average molecular weight is 582 g/mol. The van der Waals surface area contributed by atoms with E-state index in [2.05, 4.69) is 24.5 Å². The molecule has 0 aliphatic carbocycles. The highest BCUT2D eigenvalue weighted by molar-refractivity contribution is 5.92. The highest BCUT2D eigenvalue weighted by atomic mass is 16.6. The molecule has 2 unspecified atom stereocenters. The third-order valence-electron chi connectivity index (χ3n) is 6.66. The van der Waals surface area contributed by atoms with Crippen LogP contribution in [-0.2, 0) is 27.2 Å². The summed E-state index contributed by atoms with van der Waals surface area (Å²) in [7, 11) is 0. The van der Waals surface area contributed by atoms with Crippen molar-refractivity contribution in [1.29, 1.82) is 0 Å². The van der Waals surface area contributed by atoms with E-state index in [1.54, 1.807) is 49.9 Å². The van der Waals surface area contributed by atoms with Gasteiger partial charge in [-0.05, 0) is 83.2 Å². The van der Waals surface area contributed by atoms with Crippen LogP contribution in [-0.4, -0.2) is 51.6 Å². The van der Waals surface area contributed by atoms with Crippen LogP contribution in [0.1, 0.15) is 104 Å². The number of nitrogens with one attached hydrogen (secondary N) is 2. The van der Waals surface area contributed by atoms with Crippen LogP contribution in [0, 0.1) is 0 Å². The molecule has 8 heteroatoms. The fourth-order valence-corrected chi connectivity index (χ4v) is 4.64. The second kappa shape index (κ2) is 15.6. The second-order valence-corrected chi connectivity index (χ2v) is 12.9. The zero-order valence-electron chi connectivity index (χ0n) is 26.8. The normalized spacial score (nSPS) is 13.1. The van der Waals surface area contributed by atoms with Crippen molar-refractivity contribution in [2.24, 2.45) is 0 Å². The molecule has 0 saturated carbocycles. The molecule has 2 aromatic carbocycles. The Hall–Kier alpha value is -3.55. The lowest BCUT2D eigenvalue weighted by Gasteiger charge is -2.36. The highest BCUT2D eigenvalue weighted by Gasteiger charge is 2.37. The molecule has 3 amide bonds. The van der Waals surface area contributed by atoms with Crippen molar-refractivity contribution < 1.29 is 24.2 Å². The van der Waals surface area contributed by atoms with Crippen molar-refractivity contribution in [2.45, 2.75) is 117 Å². The molecular formula is C34H51N3O5. The molecule has 0 radical (unpaired) electrons.